The van der Waals surface area contributed by atoms with Gasteiger partial charge in [0.25, 0.3) is 0 Å². The maximum absolute atomic E-state index is 10.8. The van der Waals surface area contributed by atoms with Crippen molar-refractivity contribution < 1.29 is 14.6 Å². The summed E-state index contributed by atoms with van der Waals surface area (Å²) >= 11 is 0. The number of carbonyl (C=O) groups is 1. The van der Waals surface area contributed by atoms with Gasteiger partial charge >= 0.3 is 5.97 Å². The lowest BCUT2D eigenvalue weighted by Crippen LogP contribution is -2.21. The second-order valence-electron chi connectivity index (χ2n) is 3.63. The topological polar surface area (TPSA) is 72.5 Å². The highest BCUT2D eigenvalue weighted by Crippen LogP contribution is 2.33. The fraction of sp³-hybridized carbons (Fsp3) is 0.364. The first-order valence-electron chi connectivity index (χ1n) is 4.92. The van der Waals surface area contributed by atoms with Gasteiger partial charge < -0.3 is 15.6 Å². The van der Waals surface area contributed by atoms with E-state index in [1.54, 1.807) is 18.2 Å². The van der Waals surface area contributed by atoms with Gasteiger partial charge in [0.05, 0.1) is 12.2 Å². The predicted molar refractivity (Wildman–Crippen MR) is 55.3 cm³/mol. The largest absolute Gasteiger partial charge is 0.493 e. The van der Waals surface area contributed by atoms with Crippen molar-refractivity contribution in [1.29, 1.82) is 0 Å². The van der Waals surface area contributed by atoms with Crippen molar-refractivity contribution >= 4 is 5.97 Å². The molecule has 1 atom stereocenters. The quantitative estimate of drug-likeness (QED) is 0.764. The summed E-state index contributed by atoms with van der Waals surface area (Å²) in [4.78, 5) is 10.8. The monoisotopic (exact) mass is 207 g/mol. The standard InChI is InChI=1S/C11H13NO3/c12-6-8-3-4-15-10-2-1-7(11(13)14)5-9(8)10/h1-2,5,8H,3-4,6,12H2,(H,13,14). The molecular formula is C11H13NO3. The molecule has 3 N–H and O–H groups in total. The average Bonchev–Trinajstić information content (AvgIpc) is 2.27. The molecule has 1 aromatic rings. The van der Waals surface area contributed by atoms with E-state index >= 15 is 0 Å². The van der Waals surface area contributed by atoms with Crippen molar-refractivity contribution in [3.05, 3.63) is 29.3 Å². The van der Waals surface area contributed by atoms with Crippen LogP contribution >= 0.6 is 0 Å². The van der Waals surface area contributed by atoms with E-state index in [-0.39, 0.29) is 11.5 Å². The molecule has 0 bridgehead atoms. The SMILES string of the molecule is NCC1CCOc2ccc(C(=O)O)cc21. The normalized spacial score (nSPS) is 19.1. The van der Waals surface area contributed by atoms with Crippen molar-refractivity contribution in [3.8, 4) is 5.75 Å². The Bertz CT molecular complexity index is 389. The first-order valence-corrected chi connectivity index (χ1v) is 4.92. The van der Waals surface area contributed by atoms with Gasteiger partial charge in [-0.05, 0) is 36.7 Å². The smallest absolute Gasteiger partial charge is 0.335 e. The summed E-state index contributed by atoms with van der Waals surface area (Å²) in [6.45, 7) is 1.18. The summed E-state index contributed by atoms with van der Waals surface area (Å²) in [6, 6.07) is 4.93. The Labute approximate surface area is 87.7 Å². The lowest BCUT2D eigenvalue weighted by molar-refractivity contribution is 0.0696. The van der Waals surface area contributed by atoms with Crippen LogP contribution in [-0.4, -0.2) is 24.2 Å². The summed E-state index contributed by atoms with van der Waals surface area (Å²) in [7, 11) is 0. The van der Waals surface area contributed by atoms with Crippen LogP contribution in [0.15, 0.2) is 18.2 Å². The Hall–Kier alpha value is -1.55. The summed E-state index contributed by atoms with van der Waals surface area (Å²) in [5.74, 6) is 0.0638. The second-order valence-corrected chi connectivity index (χ2v) is 3.63. The van der Waals surface area contributed by atoms with Gasteiger partial charge in [-0.1, -0.05) is 0 Å². The number of carboxylic acids is 1. The number of carboxylic acid groups (broad SMARTS) is 1. The zero-order valence-electron chi connectivity index (χ0n) is 8.27. The summed E-state index contributed by atoms with van der Waals surface area (Å²) < 4.78 is 5.44. The second kappa shape index (κ2) is 3.90. The third-order valence-electron chi connectivity index (χ3n) is 2.70. The molecule has 0 amide bonds. The van der Waals surface area contributed by atoms with Gasteiger partial charge in [0.15, 0.2) is 0 Å². The first-order chi connectivity index (χ1) is 7.22. The summed E-state index contributed by atoms with van der Waals surface area (Å²) in [5.41, 5.74) is 6.85. The minimum atomic E-state index is -0.917. The van der Waals surface area contributed by atoms with Crippen molar-refractivity contribution in [2.45, 2.75) is 12.3 Å². The van der Waals surface area contributed by atoms with Gasteiger partial charge in [-0.2, -0.15) is 0 Å². The predicted octanol–water partition coefficient (Wildman–Crippen LogP) is 1.21. The number of hydrogen-bond acceptors (Lipinski definition) is 3. The van der Waals surface area contributed by atoms with E-state index in [0.717, 1.165) is 17.7 Å². The molecule has 1 aliphatic rings. The number of ether oxygens (including phenoxy) is 1. The Morgan fingerprint density at radius 2 is 2.40 bits per heavy atom. The Kier molecular flexibility index (Phi) is 2.60. The lowest BCUT2D eigenvalue weighted by atomic mass is 9.92. The van der Waals surface area contributed by atoms with E-state index in [1.807, 2.05) is 0 Å². The summed E-state index contributed by atoms with van der Waals surface area (Å²) in [6.07, 6.45) is 0.854. The van der Waals surface area contributed by atoms with Gasteiger partial charge in [-0.25, -0.2) is 4.79 Å². The molecule has 0 radical (unpaired) electrons. The molecule has 2 rings (SSSR count). The van der Waals surface area contributed by atoms with Crippen LogP contribution in [0.4, 0.5) is 0 Å². The number of nitrogens with two attached hydrogens (primary N) is 1. The number of hydrogen-bond donors (Lipinski definition) is 2. The van der Waals surface area contributed by atoms with Crippen LogP contribution in [0.3, 0.4) is 0 Å². The molecule has 15 heavy (non-hydrogen) atoms. The molecule has 0 aromatic heterocycles. The zero-order chi connectivity index (χ0) is 10.8. The molecule has 1 heterocycles. The maximum Gasteiger partial charge on any atom is 0.335 e. The van der Waals surface area contributed by atoms with E-state index in [1.165, 1.54) is 0 Å². The van der Waals surface area contributed by atoms with Crippen LogP contribution < -0.4 is 10.5 Å². The zero-order valence-corrected chi connectivity index (χ0v) is 8.27. The van der Waals surface area contributed by atoms with Crippen molar-refractivity contribution in [2.24, 2.45) is 5.73 Å². The Morgan fingerprint density at radius 1 is 1.60 bits per heavy atom. The van der Waals surface area contributed by atoms with Gasteiger partial charge in [-0.3, -0.25) is 0 Å². The van der Waals surface area contributed by atoms with Crippen LogP contribution in [0.2, 0.25) is 0 Å². The van der Waals surface area contributed by atoms with Crippen LogP contribution in [0.1, 0.15) is 28.3 Å². The molecule has 0 saturated heterocycles. The van der Waals surface area contributed by atoms with E-state index in [4.69, 9.17) is 15.6 Å². The molecule has 1 aliphatic heterocycles. The Balaban J connectivity index is 2.43. The molecule has 0 saturated carbocycles. The van der Waals surface area contributed by atoms with Crippen LogP contribution in [-0.2, 0) is 0 Å². The minimum absolute atomic E-state index is 0.216. The third kappa shape index (κ3) is 1.80. The number of rotatable bonds is 2. The fourth-order valence-corrected chi connectivity index (χ4v) is 1.84. The van der Waals surface area contributed by atoms with Crippen LogP contribution in [0.25, 0.3) is 0 Å². The van der Waals surface area contributed by atoms with E-state index < -0.39 is 5.97 Å². The third-order valence-corrected chi connectivity index (χ3v) is 2.70. The van der Waals surface area contributed by atoms with Crippen molar-refractivity contribution in [2.75, 3.05) is 13.2 Å². The number of aromatic carboxylic acids is 1. The number of fused-ring (bicyclic) bond motifs is 1. The van der Waals surface area contributed by atoms with E-state index in [0.29, 0.717) is 13.2 Å². The van der Waals surface area contributed by atoms with Crippen LogP contribution in [0.5, 0.6) is 5.75 Å². The van der Waals surface area contributed by atoms with Gasteiger partial charge in [0, 0.05) is 5.92 Å². The number of benzene rings is 1. The highest BCUT2D eigenvalue weighted by Gasteiger charge is 2.21. The summed E-state index contributed by atoms with van der Waals surface area (Å²) in [5, 5.41) is 8.87. The Morgan fingerprint density at radius 3 is 3.07 bits per heavy atom. The maximum atomic E-state index is 10.8. The average molecular weight is 207 g/mol. The highest BCUT2D eigenvalue weighted by atomic mass is 16.5. The van der Waals surface area contributed by atoms with Crippen molar-refractivity contribution in [1.82, 2.24) is 0 Å². The minimum Gasteiger partial charge on any atom is -0.493 e. The van der Waals surface area contributed by atoms with Gasteiger partial charge in [0.1, 0.15) is 5.75 Å². The van der Waals surface area contributed by atoms with Crippen molar-refractivity contribution in [3.63, 3.8) is 0 Å². The van der Waals surface area contributed by atoms with Gasteiger partial charge in [-0.15, -0.1) is 0 Å². The van der Waals surface area contributed by atoms with Crippen LogP contribution in [0, 0.1) is 0 Å². The molecule has 0 aliphatic carbocycles. The van der Waals surface area contributed by atoms with E-state index in [2.05, 4.69) is 0 Å². The first kappa shape index (κ1) is 9.98. The molecule has 4 nitrogen and oxygen atoms in total. The fourth-order valence-electron chi connectivity index (χ4n) is 1.84. The highest BCUT2D eigenvalue weighted by molar-refractivity contribution is 5.88. The van der Waals surface area contributed by atoms with Gasteiger partial charge in [0.2, 0.25) is 0 Å². The molecule has 0 fully saturated rings. The lowest BCUT2D eigenvalue weighted by Gasteiger charge is -2.24. The van der Waals surface area contributed by atoms with E-state index in [9.17, 15) is 4.79 Å². The molecule has 4 heteroatoms. The molecule has 0 spiro atoms. The molecule has 1 unspecified atom stereocenters. The molecule has 1 aromatic carbocycles. The molecule has 80 valence electrons. The molecular weight excluding hydrogens is 194 g/mol.